The lowest BCUT2D eigenvalue weighted by Gasteiger charge is -2.33. The van der Waals surface area contributed by atoms with Crippen LogP contribution in [-0.2, 0) is 11.3 Å². The molecule has 116 valence electrons. The summed E-state index contributed by atoms with van der Waals surface area (Å²) in [6.07, 6.45) is -2.13. The molecule has 0 unspecified atom stereocenters. The van der Waals surface area contributed by atoms with Gasteiger partial charge < -0.3 is 5.11 Å². The summed E-state index contributed by atoms with van der Waals surface area (Å²) >= 11 is 5.66. The minimum atomic E-state index is -4.99. The van der Waals surface area contributed by atoms with E-state index in [1.54, 1.807) is 0 Å². The predicted octanol–water partition coefficient (Wildman–Crippen LogP) is 1.64. The Bertz CT molecular complexity index is 574. The number of aliphatic hydroxyl groups is 1. The lowest BCUT2D eigenvalue weighted by molar-refractivity contribution is -0.303. The topological polar surface area (TPSA) is 70.7 Å². The zero-order chi connectivity index (χ0) is 15.8. The zero-order valence-electron chi connectivity index (χ0n) is 10.9. The molecule has 10 heteroatoms. The van der Waals surface area contributed by atoms with E-state index >= 15 is 0 Å². The number of amides is 1. The van der Waals surface area contributed by atoms with E-state index in [0.29, 0.717) is 5.02 Å². The van der Waals surface area contributed by atoms with E-state index in [1.807, 2.05) is 0 Å². The van der Waals surface area contributed by atoms with E-state index in [1.165, 1.54) is 24.0 Å². The molecule has 0 radical (unpaired) electrons. The van der Waals surface area contributed by atoms with Crippen molar-refractivity contribution in [2.75, 3.05) is 0 Å². The summed E-state index contributed by atoms with van der Waals surface area (Å²) < 4.78 is 40.0. The fraction of sp³-hybridized carbons (Fsp3) is 0.545. The number of carbonyl (C=O) groups excluding carboxylic acids is 1. The van der Waals surface area contributed by atoms with Gasteiger partial charge in [-0.1, -0.05) is 18.5 Å². The molecule has 1 aliphatic rings. The van der Waals surface area contributed by atoms with Crippen molar-refractivity contribution in [1.82, 2.24) is 14.8 Å². The third-order valence-electron chi connectivity index (χ3n) is 3.07. The Balaban J connectivity index is 2.13. The molecular formula is C11H12ClF3N4O2. The molecule has 2 rings (SSSR count). The van der Waals surface area contributed by atoms with Gasteiger partial charge in [0.25, 0.3) is 5.72 Å². The summed E-state index contributed by atoms with van der Waals surface area (Å²) in [5, 5.41) is 17.3. The molecule has 1 aromatic heterocycles. The normalized spacial score (nSPS) is 23.6. The highest BCUT2D eigenvalue weighted by Crippen LogP contribution is 2.39. The van der Waals surface area contributed by atoms with Crippen LogP contribution in [0.1, 0.15) is 13.3 Å². The van der Waals surface area contributed by atoms with E-state index in [4.69, 9.17) is 11.6 Å². The van der Waals surface area contributed by atoms with Gasteiger partial charge >= 0.3 is 6.18 Å². The first-order valence-electron chi connectivity index (χ1n) is 5.99. The van der Waals surface area contributed by atoms with Gasteiger partial charge in [0, 0.05) is 18.8 Å². The third kappa shape index (κ3) is 2.88. The number of hydrogen-bond acceptors (Lipinski definition) is 4. The lowest BCUT2D eigenvalue weighted by Crippen LogP contribution is -2.57. The highest BCUT2D eigenvalue weighted by Gasteiger charge is 2.61. The van der Waals surface area contributed by atoms with E-state index in [-0.39, 0.29) is 11.6 Å². The summed E-state index contributed by atoms with van der Waals surface area (Å²) in [6, 6.07) is 0. The highest BCUT2D eigenvalue weighted by molar-refractivity contribution is 6.30. The van der Waals surface area contributed by atoms with Crippen LogP contribution in [0.3, 0.4) is 0 Å². The standard InChI is InChI=1S/C11H12ClF3N4O2/c1-7(5-18-6-8(12)4-17-18)9(20)19-10(21,2-3-16-19)11(13,14)15/h3-4,6-7,21H,2,5H2,1H3/t7-,10-/m0/s1. The summed E-state index contributed by atoms with van der Waals surface area (Å²) in [4.78, 5) is 12.1. The van der Waals surface area contributed by atoms with Gasteiger partial charge in [0.05, 0.1) is 23.7 Å². The molecule has 2 heterocycles. The maximum Gasteiger partial charge on any atom is 0.438 e. The molecule has 1 aliphatic heterocycles. The molecule has 0 aromatic carbocycles. The molecule has 0 aliphatic carbocycles. The van der Waals surface area contributed by atoms with Gasteiger partial charge in [0.1, 0.15) is 0 Å². The van der Waals surface area contributed by atoms with Crippen molar-refractivity contribution >= 4 is 23.7 Å². The largest absolute Gasteiger partial charge is 0.438 e. The van der Waals surface area contributed by atoms with Crippen molar-refractivity contribution in [2.24, 2.45) is 11.0 Å². The Labute approximate surface area is 122 Å². The van der Waals surface area contributed by atoms with Gasteiger partial charge in [-0.3, -0.25) is 9.48 Å². The molecule has 21 heavy (non-hydrogen) atoms. The number of hydrazone groups is 1. The van der Waals surface area contributed by atoms with E-state index < -0.39 is 30.1 Å². The number of alkyl halides is 3. The summed E-state index contributed by atoms with van der Waals surface area (Å²) in [5.41, 5.74) is -3.29. The second kappa shape index (κ2) is 5.30. The molecule has 1 aromatic rings. The average Bonchev–Trinajstić information content (AvgIpc) is 2.95. The van der Waals surface area contributed by atoms with Crippen LogP contribution in [-0.4, -0.2) is 43.9 Å². The maximum absolute atomic E-state index is 12.9. The van der Waals surface area contributed by atoms with Crippen LogP contribution in [0.25, 0.3) is 0 Å². The van der Waals surface area contributed by atoms with Crippen LogP contribution in [0, 0.1) is 5.92 Å². The molecule has 1 N–H and O–H groups in total. The average molecular weight is 325 g/mol. The molecule has 0 fully saturated rings. The van der Waals surface area contributed by atoms with E-state index in [9.17, 15) is 23.1 Å². The second-order valence-electron chi connectivity index (χ2n) is 4.75. The van der Waals surface area contributed by atoms with Crippen molar-refractivity contribution in [2.45, 2.75) is 31.8 Å². The summed E-state index contributed by atoms with van der Waals surface area (Å²) in [5.74, 6) is -1.82. The van der Waals surface area contributed by atoms with Crippen molar-refractivity contribution < 1.29 is 23.1 Å². The molecule has 1 amide bonds. The fourth-order valence-corrected chi connectivity index (χ4v) is 2.07. The van der Waals surface area contributed by atoms with Gasteiger partial charge in [-0.15, -0.1) is 0 Å². The third-order valence-corrected chi connectivity index (χ3v) is 3.27. The van der Waals surface area contributed by atoms with Crippen molar-refractivity contribution in [1.29, 1.82) is 0 Å². The molecule has 0 spiro atoms. The zero-order valence-corrected chi connectivity index (χ0v) is 11.6. The smallest absolute Gasteiger partial charge is 0.362 e. The minimum absolute atomic E-state index is 0.0194. The number of nitrogens with zero attached hydrogens (tertiary/aromatic N) is 4. The van der Waals surface area contributed by atoms with Crippen molar-refractivity contribution in [3.63, 3.8) is 0 Å². The summed E-state index contributed by atoms with van der Waals surface area (Å²) in [7, 11) is 0. The SMILES string of the molecule is C[C@@H](Cn1cc(Cl)cn1)C(=O)N1N=CC[C@]1(O)C(F)(F)F. The van der Waals surface area contributed by atoms with E-state index in [0.717, 1.165) is 6.21 Å². The van der Waals surface area contributed by atoms with Crippen LogP contribution in [0.4, 0.5) is 13.2 Å². The van der Waals surface area contributed by atoms with Crippen LogP contribution in [0.2, 0.25) is 5.02 Å². The van der Waals surface area contributed by atoms with Crippen molar-refractivity contribution in [3.05, 3.63) is 17.4 Å². The first-order chi connectivity index (χ1) is 9.65. The van der Waals surface area contributed by atoms with E-state index in [2.05, 4.69) is 10.2 Å². The predicted molar refractivity (Wildman–Crippen MR) is 67.4 cm³/mol. The highest BCUT2D eigenvalue weighted by atomic mass is 35.5. The van der Waals surface area contributed by atoms with Gasteiger partial charge in [-0.2, -0.15) is 28.4 Å². The summed E-state index contributed by atoms with van der Waals surface area (Å²) in [6.45, 7) is 1.44. The van der Waals surface area contributed by atoms with Gasteiger partial charge in [-0.05, 0) is 0 Å². The van der Waals surface area contributed by atoms with Gasteiger partial charge in [0.15, 0.2) is 0 Å². The Morgan fingerprint density at radius 3 is 2.81 bits per heavy atom. The Morgan fingerprint density at radius 2 is 2.29 bits per heavy atom. The number of aromatic nitrogens is 2. The van der Waals surface area contributed by atoms with Crippen LogP contribution in [0.15, 0.2) is 17.5 Å². The Kier molecular flexibility index (Phi) is 3.98. The molecular weight excluding hydrogens is 313 g/mol. The number of halogens is 4. The van der Waals surface area contributed by atoms with Crippen LogP contribution >= 0.6 is 11.6 Å². The maximum atomic E-state index is 12.9. The number of hydrogen-bond donors (Lipinski definition) is 1. The second-order valence-corrected chi connectivity index (χ2v) is 5.18. The first kappa shape index (κ1) is 15.8. The number of carbonyl (C=O) groups is 1. The molecule has 6 nitrogen and oxygen atoms in total. The Hall–Kier alpha value is -1.61. The number of rotatable bonds is 3. The molecule has 2 atom stereocenters. The molecule has 0 bridgehead atoms. The Morgan fingerprint density at radius 1 is 1.62 bits per heavy atom. The van der Waals surface area contributed by atoms with Gasteiger partial charge in [0.2, 0.25) is 5.91 Å². The molecule has 0 saturated heterocycles. The van der Waals surface area contributed by atoms with Gasteiger partial charge in [-0.25, -0.2) is 0 Å². The first-order valence-corrected chi connectivity index (χ1v) is 6.36. The van der Waals surface area contributed by atoms with Crippen LogP contribution < -0.4 is 0 Å². The lowest BCUT2D eigenvalue weighted by atomic mass is 10.1. The fourth-order valence-electron chi connectivity index (χ4n) is 1.91. The minimum Gasteiger partial charge on any atom is -0.362 e. The molecule has 0 saturated carbocycles. The monoisotopic (exact) mass is 324 g/mol. The van der Waals surface area contributed by atoms with Crippen LogP contribution in [0.5, 0.6) is 0 Å². The quantitative estimate of drug-likeness (QED) is 0.919. The van der Waals surface area contributed by atoms with Crippen molar-refractivity contribution in [3.8, 4) is 0 Å².